The van der Waals surface area contributed by atoms with Gasteiger partial charge in [-0.25, -0.2) is 0 Å². The van der Waals surface area contributed by atoms with Crippen LogP contribution in [0.4, 0.5) is 0 Å². The van der Waals surface area contributed by atoms with E-state index in [2.05, 4.69) is 23.6 Å². The Hall–Kier alpha value is -2.59. The van der Waals surface area contributed by atoms with Crippen molar-refractivity contribution in [1.29, 1.82) is 0 Å². The smallest absolute Gasteiger partial charge is 0.264 e. The number of benzene rings is 2. The number of nitrogens with zero attached hydrogens (tertiary/aromatic N) is 1. The van der Waals surface area contributed by atoms with E-state index in [4.69, 9.17) is 4.74 Å². The van der Waals surface area contributed by atoms with Crippen molar-refractivity contribution in [2.45, 2.75) is 32.4 Å². The Morgan fingerprint density at radius 1 is 1.15 bits per heavy atom. The largest absolute Gasteiger partial charge is 0.481 e. The highest BCUT2D eigenvalue weighted by Crippen LogP contribution is 2.38. The molecule has 0 N–H and O–H groups in total. The molecule has 2 aromatic carbocycles. The zero-order chi connectivity index (χ0) is 18.8. The van der Waals surface area contributed by atoms with Crippen LogP contribution >= 0.6 is 11.3 Å². The zero-order valence-corrected chi connectivity index (χ0v) is 16.4. The minimum Gasteiger partial charge on any atom is -0.481 e. The molecule has 3 aromatic rings. The fraction of sp³-hybridized carbons (Fsp3) is 0.261. The molecule has 1 aromatic heterocycles. The van der Waals surface area contributed by atoms with Gasteiger partial charge in [-0.2, -0.15) is 0 Å². The first-order chi connectivity index (χ1) is 13.1. The van der Waals surface area contributed by atoms with E-state index in [1.165, 1.54) is 10.4 Å². The summed E-state index contributed by atoms with van der Waals surface area (Å²) >= 11 is 1.78. The summed E-state index contributed by atoms with van der Waals surface area (Å²) in [4.78, 5) is 16.7. The fourth-order valence-corrected chi connectivity index (χ4v) is 4.63. The summed E-state index contributed by atoms with van der Waals surface area (Å²) < 4.78 is 5.98. The van der Waals surface area contributed by atoms with Crippen LogP contribution in [0.25, 0.3) is 0 Å². The van der Waals surface area contributed by atoms with Gasteiger partial charge in [0.05, 0.1) is 6.04 Å². The van der Waals surface area contributed by atoms with Crippen LogP contribution < -0.4 is 4.74 Å². The Kier molecular flexibility index (Phi) is 4.99. The van der Waals surface area contributed by atoms with Crippen molar-refractivity contribution in [2.75, 3.05) is 6.54 Å². The van der Waals surface area contributed by atoms with Crippen LogP contribution in [0, 0.1) is 6.92 Å². The molecule has 138 valence electrons. The lowest BCUT2D eigenvalue weighted by Crippen LogP contribution is -2.46. The molecule has 0 radical (unpaired) electrons. The molecule has 4 rings (SSSR count). The summed E-state index contributed by atoms with van der Waals surface area (Å²) in [6.45, 7) is 4.58. The Bertz CT molecular complexity index is 934. The number of hydrogen-bond donors (Lipinski definition) is 0. The first-order valence-electron chi connectivity index (χ1n) is 9.28. The Labute approximate surface area is 164 Å². The van der Waals surface area contributed by atoms with Gasteiger partial charge in [0, 0.05) is 11.4 Å². The minimum atomic E-state index is -0.529. The van der Waals surface area contributed by atoms with Gasteiger partial charge in [-0.3, -0.25) is 4.79 Å². The first kappa shape index (κ1) is 17.8. The van der Waals surface area contributed by atoms with Crippen LogP contribution in [0.5, 0.6) is 5.75 Å². The second-order valence-electron chi connectivity index (χ2n) is 6.97. The lowest BCUT2D eigenvalue weighted by Gasteiger charge is -2.37. The van der Waals surface area contributed by atoms with E-state index in [0.29, 0.717) is 6.54 Å². The number of aryl methyl sites for hydroxylation is 1. The average Bonchev–Trinajstić information content (AvgIpc) is 3.16. The van der Waals surface area contributed by atoms with Crippen molar-refractivity contribution in [1.82, 2.24) is 4.90 Å². The van der Waals surface area contributed by atoms with Crippen LogP contribution in [0.3, 0.4) is 0 Å². The maximum atomic E-state index is 13.3. The molecular weight excluding hydrogens is 354 g/mol. The van der Waals surface area contributed by atoms with Crippen molar-refractivity contribution in [3.05, 3.63) is 87.6 Å². The topological polar surface area (TPSA) is 29.5 Å². The lowest BCUT2D eigenvalue weighted by atomic mass is 9.93. The van der Waals surface area contributed by atoms with Gasteiger partial charge >= 0.3 is 0 Å². The number of thiophene rings is 1. The lowest BCUT2D eigenvalue weighted by molar-refractivity contribution is -0.140. The third-order valence-corrected chi connectivity index (χ3v) is 6.01. The van der Waals surface area contributed by atoms with E-state index >= 15 is 0 Å². The van der Waals surface area contributed by atoms with Crippen LogP contribution in [0.15, 0.2) is 66.0 Å². The van der Waals surface area contributed by atoms with Crippen LogP contribution in [-0.2, 0) is 11.2 Å². The highest BCUT2D eigenvalue weighted by Gasteiger charge is 2.35. The number of carbonyl (C=O) groups is 1. The molecule has 4 heteroatoms. The molecule has 0 bridgehead atoms. The van der Waals surface area contributed by atoms with Gasteiger partial charge in [0.25, 0.3) is 5.91 Å². The molecule has 27 heavy (non-hydrogen) atoms. The predicted molar refractivity (Wildman–Crippen MR) is 109 cm³/mol. The van der Waals surface area contributed by atoms with E-state index in [1.54, 1.807) is 11.3 Å². The van der Waals surface area contributed by atoms with Gasteiger partial charge in [-0.1, -0.05) is 42.5 Å². The molecule has 0 saturated heterocycles. The number of amides is 1. The van der Waals surface area contributed by atoms with Gasteiger partial charge in [0.15, 0.2) is 6.10 Å². The number of fused-ring (bicyclic) bond motifs is 1. The standard InChI is InChI=1S/C23H23NO2S/c1-16-7-6-10-19(15-16)26-17(2)23(25)24-13-11-21-20(12-14-27-21)22(24)18-8-4-3-5-9-18/h3-10,12,14-15,17,22H,11,13H2,1-2H3. The van der Waals surface area contributed by atoms with Crippen molar-refractivity contribution in [3.8, 4) is 5.75 Å². The SMILES string of the molecule is Cc1cccc(OC(C)C(=O)N2CCc3sccc3C2c2ccccc2)c1. The van der Waals surface area contributed by atoms with Crippen LogP contribution in [0.2, 0.25) is 0 Å². The summed E-state index contributed by atoms with van der Waals surface area (Å²) in [5.41, 5.74) is 3.51. The van der Waals surface area contributed by atoms with E-state index in [-0.39, 0.29) is 11.9 Å². The predicted octanol–water partition coefficient (Wildman–Crippen LogP) is 5.00. The second kappa shape index (κ2) is 7.57. The van der Waals surface area contributed by atoms with E-state index in [9.17, 15) is 4.79 Å². The summed E-state index contributed by atoms with van der Waals surface area (Å²) in [5, 5.41) is 2.13. The fourth-order valence-electron chi connectivity index (χ4n) is 3.73. The van der Waals surface area contributed by atoms with Crippen molar-refractivity contribution in [3.63, 3.8) is 0 Å². The van der Waals surface area contributed by atoms with E-state index < -0.39 is 6.10 Å². The molecule has 3 nitrogen and oxygen atoms in total. The summed E-state index contributed by atoms with van der Waals surface area (Å²) in [7, 11) is 0. The number of hydrogen-bond acceptors (Lipinski definition) is 3. The summed E-state index contributed by atoms with van der Waals surface area (Å²) in [6.07, 6.45) is 0.373. The third-order valence-electron chi connectivity index (χ3n) is 5.01. The molecular formula is C23H23NO2S. The minimum absolute atomic E-state index is 0.0298. The van der Waals surface area contributed by atoms with Crippen molar-refractivity contribution in [2.24, 2.45) is 0 Å². The molecule has 1 amide bonds. The molecule has 2 heterocycles. The van der Waals surface area contributed by atoms with E-state index in [1.807, 2.05) is 61.2 Å². The van der Waals surface area contributed by atoms with Crippen LogP contribution in [0.1, 0.15) is 34.5 Å². The summed E-state index contributed by atoms with van der Waals surface area (Å²) in [6, 6.07) is 20.2. The monoisotopic (exact) mass is 377 g/mol. The molecule has 0 aliphatic carbocycles. The Morgan fingerprint density at radius 2 is 1.96 bits per heavy atom. The van der Waals surface area contributed by atoms with Gasteiger partial charge in [0.2, 0.25) is 0 Å². The van der Waals surface area contributed by atoms with Gasteiger partial charge in [0.1, 0.15) is 5.75 Å². The first-order valence-corrected chi connectivity index (χ1v) is 10.2. The Balaban J connectivity index is 1.62. The molecule has 2 atom stereocenters. The highest BCUT2D eigenvalue weighted by atomic mass is 32.1. The highest BCUT2D eigenvalue weighted by molar-refractivity contribution is 7.10. The quantitative estimate of drug-likeness (QED) is 0.640. The number of rotatable bonds is 4. The van der Waals surface area contributed by atoms with Crippen LogP contribution in [-0.4, -0.2) is 23.5 Å². The summed E-state index contributed by atoms with van der Waals surface area (Å²) in [5.74, 6) is 0.766. The molecule has 1 aliphatic heterocycles. The molecule has 0 spiro atoms. The molecule has 0 fully saturated rings. The molecule has 2 unspecified atom stereocenters. The molecule has 1 aliphatic rings. The van der Waals surface area contributed by atoms with Gasteiger partial charge in [-0.15, -0.1) is 11.3 Å². The maximum Gasteiger partial charge on any atom is 0.264 e. The van der Waals surface area contributed by atoms with Gasteiger partial charge in [-0.05, 0) is 60.5 Å². The Morgan fingerprint density at radius 3 is 2.74 bits per heavy atom. The second-order valence-corrected chi connectivity index (χ2v) is 7.97. The van der Waals surface area contributed by atoms with Crippen molar-refractivity contribution >= 4 is 17.2 Å². The maximum absolute atomic E-state index is 13.3. The average molecular weight is 378 g/mol. The van der Waals surface area contributed by atoms with Crippen molar-refractivity contribution < 1.29 is 9.53 Å². The van der Waals surface area contributed by atoms with E-state index in [0.717, 1.165) is 23.3 Å². The number of ether oxygens (including phenoxy) is 1. The normalized spacial score (nSPS) is 17.3. The zero-order valence-electron chi connectivity index (χ0n) is 15.6. The number of carbonyl (C=O) groups excluding carboxylic acids is 1. The molecule has 0 saturated carbocycles. The van der Waals surface area contributed by atoms with Gasteiger partial charge < -0.3 is 9.64 Å². The third kappa shape index (κ3) is 3.62.